The zero-order valence-electron chi connectivity index (χ0n) is 28.7. The van der Waals surface area contributed by atoms with E-state index in [0.29, 0.717) is 31.6 Å². The van der Waals surface area contributed by atoms with Gasteiger partial charge >= 0.3 is 12.1 Å². The molecule has 2 spiro atoms. The first-order valence-electron chi connectivity index (χ1n) is 16.8. The lowest BCUT2D eigenvalue weighted by Crippen LogP contribution is -2.60. The predicted molar refractivity (Wildman–Crippen MR) is 172 cm³/mol. The second-order valence-corrected chi connectivity index (χ2v) is 20.7. The number of rotatable bonds is 5. The number of nitrogens with zero attached hydrogens (tertiary/aromatic N) is 1. The summed E-state index contributed by atoms with van der Waals surface area (Å²) >= 11 is 0. The lowest BCUT2D eigenvalue weighted by atomic mass is 9.66. The number of nitrogens with one attached hydrogen (secondary N) is 1. The van der Waals surface area contributed by atoms with Crippen LogP contribution in [0, 0.1) is 22.7 Å². The van der Waals surface area contributed by atoms with Crippen LogP contribution >= 0.6 is 0 Å². The zero-order chi connectivity index (χ0) is 34.3. The molecule has 2 saturated carbocycles. The number of ether oxygens (including phenoxy) is 3. The zero-order valence-corrected chi connectivity index (χ0v) is 29.7. The second kappa shape index (κ2) is 11.5. The topological polar surface area (TPSA) is 89.8 Å². The number of esters is 1. The molecule has 5 aliphatic rings. The van der Waals surface area contributed by atoms with E-state index in [1.165, 1.54) is 19.1 Å². The largest absolute Gasteiger partial charge is 0.459 e. The fraction of sp³-hybridized carbons (Fsp3) is 0.667. The van der Waals surface area contributed by atoms with Gasteiger partial charge in [0.2, 0.25) is 0 Å². The van der Waals surface area contributed by atoms with Gasteiger partial charge in [-0.15, -0.1) is 0 Å². The molecule has 4 atom stereocenters. The van der Waals surface area contributed by atoms with E-state index in [1.54, 1.807) is 6.07 Å². The van der Waals surface area contributed by atoms with Crippen molar-refractivity contribution < 1.29 is 36.6 Å². The molecule has 1 aromatic carbocycles. The van der Waals surface area contributed by atoms with Gasteiger partial charge in [-0.05, 0) is 72.2 Å². The molecule has 47 heavy (non-hydrogen) atoms. The Balaban J connectivity index is 1.61. The molecule has 1 aromatic rings. The van der Waals surface area contributed by atoms with Crippen molar-refractivity contribution in [3.63, 3.8) is 0 Å². The number of allylic oxidation sites excluding steroid dienone is 1. The summed E-state index contributed by atoms with van der Waals surface area (Å²) in [4.78, 5) is 12.6. The SMILES string of the molecule is CC(=O)OC1C2NC(C(C)C)=C3C(=C2[C@@H](O[Si](C)(C)C(C)(C)C)CC12CC2)C1(CCOCC1)O[C@@H]3c1ccc(C(F)(F)F)c(C#N)c1. The maximum Gasteiger partial charge on any atom is 0.417 e. The minimum absolute atomic E-state index is 0.0117. The van der Waals surface area contributed by atoms with Crippen molar-refractivity contribution in [1.82, 2.24) is 5.32 Å². The number of hydrogen-bond donors (Lipinski definition) is 1. The third kappa shape index (κ3) is 5.77. The number of dihydropyridines is 1. The molecule has 7 nitrogen and oxygen atoms in total. The Kier molecular flexibility index (Phi) is 8.35. The van der Waals surface area contributed by atoms with Crippen molar-refractivity contribution in [2.45, 2.75) is 128 Å². The number of nitriles is 1. The van der Waals surface area contributed by atoms with Crippen molar-refractivity contribution in [3.05, 3.63) is 57.3 Å². The van der Waals surface area contributed by atoms with E-state index in [-0.39, 0.29) is 34.5 Å². The van der Waals surface area contributed by atoms with E-state index in [9.17, 15) is 23.2 Å². The number of hydrogen-bond acceptors (Lipinski definition) is 7. The molecule has 2 unspecified atom stereocenters. The van der Waals surface area contributed by atoms with Crippen LogP contribution in [0.4, 0.5) is 13.2 Å². The van der Waals surface area contributed by atoms with Gasteiger partial charge in [-0.1, -0.05) is 40.7 Å². The number of carbonyl (C=O) groups excluding carboxylic acids is 1. The summed E-state index contributed by atoms with van der Waals surface area (Å²) in [5.41, 5.74) is 1.99. The highest BCUT2D eigenvalue weighted by molar-refractivity contribution is 6.74. The van der Waals surface area contributed by atoms with E-state index in [1.807, 2.05) is 0 Å². The quantitative estimate of drug-likeness (QED) is 0.252. The molecule has 3 aliphatic heterocycles. The highest BCUT2D eigenvalue weighted by Crippen LogP contribution is 2.64. The monoisotopic (exact) mass is 672 g/mol. The van der Waals surface area contributed by atoms with Crippen LogP contribution in [0.5, 0.6) is 0 Å². The van der Waals surface area contributed by atoms with Crippen LogP contribution in [0.15, 0.2) is 40.6 Å². The minimum Gasteiger partial charge on any atom is -0.459 e. The molecule has 4 fully saturated rings. The molecular formula is C36H47F3N2O5Si. The first kappa shape index (κ1) is 34.2. The van der Waals surface area contributed by atoms with Gasteiger partial charge < -0.3 is 24.0 Å². The van der Waals surface area contributed by atoms with Crippen molar-refractivity contribution in [3.8, 4) is 6.07 Å². The summed E-state index contributed by atoms with van der Waals surface area (Å²) in [6, 6.07) is 5.19. The third-order valence-corrected chi connectivity index (χ3v) is 16.0. The molecule has 0 amide bonds. The predicted octanol–water partition coefficient (Wildman–Crippen LogP) is 7.88. The van der Waals surface area contributed by atoms with Crippen molar-refractivity contribution in [1.29, 1.82) is 5.26 Å². The summed E-state index contributed by atoms with van der Waals surface area (Å²) in [5.74, 6) is -0.338. The van der Waals surface area contributed by atoms with Crippen molar-refractivity contribution >= 4 is 14.3 Å². The van der Waals surface area contributed by atoms with Crippen molar-refractivity contribution in [2.24, 2.45) is 11.3 Å². The van der Waals surface area contributed by atoms with Gasteiger partial charge in [0.05, 0.1) is 34.9 Å². The molecular weight excluding hydrogens is 625 g/mol. The smallest absolute Gasteiger partial charge is 0.417 e. The molecule has 256 valence electrons. The van der Waals surface area contributed by atoms with E-state index < -0.39 is 43.4 Å². The normalized spacial score (nSPS) is 28.2. The molecule has 0 radical (unpaired) electrons. The summed E-state index contributed by atoms with van der Waals surface area (Å²) in [5, 5.41) is 13.6. The Labute approximate surface area is 277 Å². The Morgan fingerprint density at radius 1 is 1.13 bits per heavy atom. The molecule has 11 heteroatoms. The van der Waals surface area contributed by atoms with Gasteiger partial charge in [-0.3, -0.25) is 4.79 Å². The molecule has 3 heterocycles. The van der Waals surface area contributed by atoms with Gasteiger partial charge in [-0.2, -0.15) is 18.4 Å². The third-order valence-electron chi connectivity index (χ3n) is 11.5. The first-order valence-corrected chi connectivity index (χ1v) is 19.7. The lowest BCUT2D eigenvalue weighted by molar-refractivity contribution is -0.154. The Morgan fingerprint density at radius 2 is 1.79 bits per heavy atom. The molecule has 2 aliphatic carbocycles. The standard InChI is InChI=1S/C36H47F3N2O5Si/c1-20(2)29-27-28(35(13-15-43-16-14-35)45-31(27)22-9-10-24(36(37,38)39)23(17-22)19-40)26-25(46-47(7,8)33(4,5)6)18-34(11-12-34)32(30(26)41-29)44-21(3)42/h9-10,17,20,25,30-32,41H,11-16,18H2,1-8H3/t25-,30?,31+,32?/m0/s1. The Bertz CT molecular complexity index is 1560. The van der Waals surface area contributed by atoms with E-state index in [0.717, 1.165) is 47.7 Å². The van der Waals surface area contributed by atoms with Crippen LogP contribution in [0.2, 0.25) is 18.1 Å². The van der Waals surface area contributed by atoms with Crippen LogP contribution in [0.3, 0.4) is 0 Å². The summed E-state index contributed by atoms with van der Waals surface area (Å²) in [6.45, 7) is 17.7. The number of fused-ring (bicyclic) bond motifs is 3. The summed E-state index contributed by atoms with van der Waals surface area (Å²) in [7, 11) is -2.31. The summed E-state index contributed by atoms with van der Waals surface area (Å²) < 4.78 is 68.0. The van der Waals surface area contributed by atoms with Crippen LogP contribution in [-0.4, -0.2) is 51.4 Å². The Hall–Kier alpha value is -2.65. The van der Waals surface area contributed by atoms with E-state index in [4.69, 9.17) is 18.6 Å². The fourth-order valence-corrected chi connectivity index (χ4v) is 9.22. The van der Waals surface area contributed by atoms with Gasteiger partial charge in [0.1, 0.15) is 12.2 Å². The number of carbonyl (C=O) groups is 1. The van der Waals surface area contributed by atoms with E-state index >= 15 is 0 Å². The van der Waals surface area contributed by atoms with Crippen LogP contribution in [0.1, 0.15) is 96.4 Å². The average molecular weight is 673 g/mol. The van der Waals surface area contributed by atoms with Gasteiger partial charge in [0, 0.05) is 49.7 Å². The lowest BCUT2D eigenvalue weighted by Gasteiger charge is -2.52. The number of halogens is 3. The van der Waals surface area contributed by atoms with Gasteiger partial charge in [0.15, 0.2) is 8.32 Å². The first-order chi connectivity index (χ1) is 21.8. The van der Waals surface area contributed by atoms with Crippen LogP contribution in [0.25, 0.3) is 0 Å². The maximum atomic E-state index is 13.8. The summed E-state index contributed by atoms with van der Waals surface area (Å²) in [6.07, 6.45) is -2.30. The number of alkyl halides is 3. The van der Waals surface area contributed by atoms with Crippen LogP contribution < -0.4 is 5.32 Å². The average Bonchev–Trinajstić information content (AvgIpc) is 3.68. The van der Waals surface area contributed by atoms with Gasteiger partial charge in [-0.25, -0.2) is 0 Å². The molecule has 0 aromatic heterocycles. The van der Waals surface area contributed by atoms with Gasteiger partial charge in [0.25, 0.3) is 0 Å². The highest BCUT2D eigenvalue weighted by atomic mass is 28.4. The van der Waals surface area contributed by atoms with Crippen molar-refractivity contribution in [2.75, 3.05) is 13.2 Å². The fourth-order valence-electron chi connectivity index (χ4n) is 7.95. The van der Waals surface area contributed by atoms with Crippen LogP contribution in [-0.2, 0) is 29.6 Å². The maximum absolute atomic E-state index is 13.8. The number of benzene rings is 1. The Morgan fingerprint density at radius 3 is 2.32 bits per heavy atom. The van der Waals surface area contributed by atoms with E-state index in [2.05, 4.69) is 53.0 Å². The minimum atomic E-state index is -4.65. The highest BCUT2D eigenvalue weighted by Gasteiger charge is 2.65. The molecule has 0 bridgehead atoms. The molecule has 2 saturated heterocycles. The second-order valence-electron chi connectivity index (χ2n) is 15.9. The molecule has 1 N–H and O–H groups in total. The molecule has 6 rings (SSSR count).